The molecule has 126 valence electrons. The van der Waals surface area contributed by atoms with Crippen LogP contribution >= 0.6 is 0 Å². The van der Waals surface area contributed by atoms with E-state index in [4.69, 9.17) is 9.47 Å². The third-order valence-corrected chi connectivity index (χ3v) is 4.34. The summed E-state index contributed by atoms with van der Waals surface area (Å²) in [5, 5.41) is 3.51. The fraction of sp³-hybridized carbons (Fsp3) is 0.611. The molecule has 3 rings (SSSR count). The van der Waals surface area contributed by atoms with Crippen molar-refractivity contribution in [3.63, 3.8) is 0 Å². The van der Waals surface area contributed by atoms with Gasteiger partial charge in [0.25, 0.3) is 5.91 Å². The number of carbonyl (C=O) groups is 1. The highest BCUT2D eigenvalue weighted by Gasteiger charge is 2.40. The van der Waals surface area contributed by atoms with Crippen molar-refractivity contribution >= 4 is 11.6 Å². The van der Waals surface area contributed by atoms with Crippen LogP contribution in [0.25, 0.3) is 0 Å². The van der Waals surface area contributed by atoms with Gasteiger partial charge < -0.3 is 19.7 Å². The second kappa shape index (κ2) is 6.49. The molecule has 5 heteroatoms. The van der Waals surface area contributed by atoms with E-state index in [1.54, 1.807) is 7.11 Å². The fourth-order valence-corrected chi connectivity index (χ4v) is 2.86. The normalized spacial score (nSPS) is 19.4. The molecule has 0 aromatic heterocycles. The first-order valence-electron chi connectivity index (χ1n) is 8.37. The van der Waals surface area contributed by atoms with E-state index in [0.717, 1.165) is 24.4 Å². The molecule has 1 aliphatic heterocycles. The number of rotatable bonds is 7. The summed E-state index contributed by atoms with van der Waals surface area (Å²) >= 11 is 0. The third-order valence-electron chi connectivity index (χ3n) is 4.34. The van der Waals surface area contributed by atoms with Crippen molar-refractivity contribution in [1.29, 1.82) is 0 Å². The number of benzene rings is 1. The van der Waals surface area contributed by atoms with Gasteiger partial charge in [0.15, 0.2) is 5.60 Å². The maximum atomic E-state index is 12.7. The minimum atomic E-state index is -0.826. The van der Waals surface area contributed by atoms with Gasteiger partial charge in [-0.2, -0.15) is 0 Å². The summed E-state index contributed by atoms with van der Waals surface area (Å²) < 4.78 is 11.0. The summed E-state index contributed by atoms with van der Waals surface area (Å²) in [6.07, 6.45) is 3.34. The van der Waals surface area contributed by atoms with Gasteiger partial charge in [-0.25, -0.2) is 0 Å². The van der Waals surface area contributed by atoms with Crippen LogP contribution in [0.4, 0.5) is 5.69 Å². The van der Waals surface area contributed by atoms with Crippen molar-refractivity contribution in [1.82, 2.24) is 5.32 Å². The van der Waals surface area contributed by atoms with Gasteiger partial charge in [-0.3, -0.25) is 4.79 Å². The Hall–Kier alpha value is -1.59. The first-order valence-corrected chi connectivity index (χ1v) is 8.37. The molecule has 0 spiro atoms. The van der Waals surface area contributed by atoms with Crippen LogP contribution in [0.15, 0.2) is 18.2 Å². The smallest absolute Gasteiger partial charge is 0.270 e. The van der Waals surface area contributed by atoms with Crippen LogP contribution in [0.1, 0.15) is 38.7 Å². The number of fused-ring (bicyclic) bond motifs is 1. The molecule has 1 aromatic carbocycles. The van der Waals surface area contributed by atoms with E-state index in [-0.39, 0.29) is 5.91 Å². The maximum absolute atomic E-state index is 12.7. The van der Waals surface area contributed by atoms with Crippen LogP contribution in [-0.2, 0) is 16.1 Å². The molecule has 1 aliphatic carbocycles. The molecule has 2 aliphatic rings. The predicted molar refractivity (Wildman–Crippen MR) is 89.9 cm³/mol. The monoisotopic (exact) mass is 318 g/mol. The molecule has 0 bridgehead atoms. The summed E-state index contributed by atoms with van der Waals surface area (Å²) in [7, 11) is 1.68. The maximum Gasteiger partial charge on any atom is 0.270 e. The first-order chi connectivity index (χ1) is 11.0. The number of hydrogen-bond donors (Lipinski definition) is 1. The second-order valence-electron chi connectivity index (χ2n) is 6.87. The molecule has 1 amide bonds. The van der Waals surface area contributed by atoms with E-state index >= 15 is 0 Å². The standard InChI is InChI=1S/C18H26N2O3/c1-18(2)17(21)20(9-4-10-22-3)15-11-13(5-8-16(15)23-18)12-19-14-6-7-14/h5,8,11,14,19H,4,6-7,9-10,12H2,1-3H3. The molecule has 23 heavy (non-hydrogen) atoms. The fourth-order valence-electron chi connectivity index (χ4n) is 2.86. The number of hydrogen-bond acceptors (Lipinski definition) is 4. The molecular weight excluding hydrogens is 292 g/mol. The highest BCUT2D eigenvalue weighted by molar-refractivity contribution is 6.02. The lowest BCUT2D eigenvalue weighted by atomic mass is 10.0. The van der Waals surface area contributed by atoms with Crippen molar-refractivity contribution < 1.29 is 14.3 Å². The minimum Gasteiger partial charge on any atom is -0.476 e. The van der Waals surface area contributed by atoms with Crippen LogP contribution in [0.3, 0.4) is 0 Å². The minimum absolute atomic E-state index is 0.00778. The quantitative estimate of drug-likeness (QED) is 0.785. The van der Waals surface area contributed by atoms with E-state index in [1.165, 1.54) is 18.4 Å². The third kappa shape index (κ3) is 3.67. The summed E-state index contributed by atoms with van der Waals surface area (Å²) in [5.41, 5.74) is 1.23. The number of ether oxygens (including phenoxy) is 2. The van der Waals surface area contributed by atoms with Gasteiger partial charge in [0.1, 0.15) is 5.75 Å². The average molecular weight is 318 g/mol. The Bertz CT molecular complexity index is 582. The van der Waals surface area contributed by atoms with E-state index in [0.29, 0.717) is 19.2 Å². The van der Waals surface area contributed by atoms with Crippen LogP contribution < -0.4 is 15.0 Å². The summed E-state index contributed by atoms with van der Waals surface area (Å²) in [6.45, 7) is 5.77. The molecule has 1 aromatic rings. The van der Waals surface area contributed by atoms with Gasteiger partial charge in [-0.1, -0.05) is 6.07 Å². The lowest BCUT2D eigenvalue weighted by Gasteiger charge is -2.39. The SMILES string of the molecule is COCCCN1C(=O)C(C)(C)Oc2ccc(CNC3CC3)cc21. The number of nitrogens with zero attached hydrogens (tertiary/aromatic N) is 1. The molecule has 1 heterocycles. The molecule has 0 radical (unpaired) electrons. The molecular formula is C18H26N2O3. The number of methoxy groups -OCH3 is 1. The highest BCUT2D eigenvalue weighted by Crippen LogP contribution is 2.38. The molecule has 1 saturated carbocycles. The Kier molecular flexibility index (Phi) is 4.60. The van der Waals surface area contributed by atoms with Crippen molar-refractivity contribution in [3.05, 3.63) is 23.8 Å². The molecule has 1 fully saturated rings. The largest absolute Gasteiger partial charge is 0.476 e. The number of anilines is 1. The van der Waals surface area contributed by atoms with Gasteiger partial charge in [0, 0.05) is 32.8 Å². The average Bonchev–Trinajstić information content (AvgIpc) is 3.33. The summed E-state index contributed by atoms with van der Waals surface area (Å²) in [4.78, 5) is 14.6. The molecule has 0 unspecified atom stereocenters. The Morgan fingerprint density at radius 1 is 1.39 bits per heavy atom. The number of carbonyl (C=O) groups excluding carboxylic acids is 1. The van der Waals surface area contributed by atoms with E-state index < -0.39 is 5.60 Å². The van der Waals surface area contributed by atoms with Gasteiger partial charge in [0.2, 0.25) is 0 Å². The molecule has 0 saturated heterocycles. The van der Waals surface area contributed by atoms with Crippen molar-refractivity contribution in [2.45, 2.75) is 51.3 Å². The van der Waals surface area contributed by atoms with Gasteiger partial charge >= 0.3 is 0 Å². The summed E-state index contributed by atoms with van der Waals surface area (Å²) in [5.74, 6) is 0.788. The van der Waals surface area contributed by atoms with Crippen LogP contribution in [0, 0.1) is 0 Å². The zero-order chi connectivity index (χ0) is 16.4. The first kappa shape index (κ1) is 16.3. The lowest BCUT2D eigenvalue weighted by Crippen LogP contribution is -2.52. The van der Waals surface area contributed by atoms with Crippen molar-refractivity contribution in [2.75, 3.05) is 25.2 Å². The number of nitrogens with one attached hydrogen (secondary N) is 1. The zero-order valence-corrected chi connectivity index (χ0v) is 14.2. The van der Waals surface area contributed by atoms with Crippen LogP contribution in [0.2, 0.25) is 0 Å². The Balaban J connectivity index is 1.82. The number of amides is 1. The Labute approximate surface area is 137 Å². The zero-order valence-electron chi connectivity index (χ0n) is 14.2. The van der Waals surface area contributed by atoms with Crippen LogP contribution in [-0.4, -0.2) is 37.8 Å². The van der Waals surface area contributed by atoms with Crippen LogP contribution in [0.5, 0.6) is 5.75 Å². The summed E-state index contributed by atoms with van der Waals surface area (Å²) in [6, 6.07) is 6.80. The predicted octanol–water partition coefficient (Wildman–Crippen LogP) is 2.48. The van der Waals surface area contributed by atoms with E-state index in [9.17, 15) is 4.79 Å². The van der Waals surface area contributed by atoms with E-state index in [2.05, 4.69) is 17.4 Å². The second-order valence-corrected chi connectivity index (χ2v) is 6.87. The van der Waals surface area contributed by atoms with E-state index in [1.807, 2.05) is 24.8 Å². The highest BCUT2D eigenvalue weighted by atomic mass is 16.5. The van der Waals surface area contributed by atoms with Gasteiger partial charge in [-0.15, -0.1) is 0 Å². The van der Waals surface area contributed by atoms with Gasteiger partial charge in [0.05, 0.1) is 5.69 Å². The van der Waals surface area contributed by atoms with Crippen molar-refractivity contribution in [3.8, 4) is 5.75 Å². The van der Waals surface area contributed by atoms with Gasteiger partial charge in [-0.05, 0) is 50.8 Å². The Morgan fingerprint density at radius 2 is 2.17 bits per heavy atom. The molecule has 5 nitrogen and oxygen atoms in total. The molecule has 1 N–H and O–H groups in total. The lowest BCUT2D eigenvalue weighted by molar-refractivity contribution is -0.132. The Morgan fingerprint density at radius 3 is 2.87 bits per heavy atom. The van der Waals surface area contributed by atoms with Crippen molar-refractivity contribution in [2.24, 2.45) is 0 Å². The molecule has 0 atom stereocenters. The topological polar surface area (TPSA) is 50.8 Å².